The first-order valence-corrected chi connectivity index (χ1v) is 18.7. The third kappa shape index (κ3) is 8.01. The van der Waals surface area contributed by atoms with Gasteiger partial charge in [0, 0.05) is 0 Å². The molecular formula is C45H52F4N4O2. The van der Waals surface area contributed by atoms with E-state index in [-0.39, 0.29) is 63.6 Å². The average Bonchev–Trinajstić information content (AvgIpc) is 3.80. The normalized spacial score (nSPS) is 17.9. The van der Waals surface area contributed by atoms with E-state index in [4.69, 9.17) is 30.2 Å². The predicted molar refractivity (Wildman–Crippen MR) is 212 cm³/mol. The summed E-state index contributed by atoms with van der Waals surface area (Å²) in [5.41, 5.74) is 9.09. The number of ether oxygens (including phenoxy) is 2. The number of hydrogen-bond donors (Lipinski definition) is 1. The van der Waals surface area contributed by atoms with Crippen LogP contribution in [0.5, 0.6) is 0 Å². The summed E-state index contributed by atoms with van der Waals surface area (Å²) in [5.74, 6) is -6.46. The first-order valence-electron chi connectivity index (χ1n) is 18.7. The van der Waals surface area contributed by atoms with Gasteiger partial charge in [-0.2, -0.15) is 0 Å². The molecule has 1 aromatic heterocycles. The smallest absolute Gasteiger partial charge is 0.236 e. The fourth-order valence-corrected chi connectivity index (χ4v) is 6.59. The summed E-state index contributed by atoms with van der Waals surface area (Å²) in [7, 11) is 0. The van der Waals surface area contributed by atoms with Gasteiger partial charge in [0.05, 0.1) is 5.56 Å². The van der Waals surface area contributed by atoms with Crippen molar-refractivity contribution in [2.24, 2.45) is 9.98 Å². The Bertz CT molecular complexity index is 2020. The minimum Gasteiger partial charge on any atom is -0.474 e. The molecular weight excluding hydrogens is 705 g/mol. The van der Waals surface area contributed by atoms with Crippen LogP contribution in [-0.4, -0.2) is 30.0 Å². The zero-order chi connectivity index (χ0) is 40.6. The van der Waals surface area contributed by atoms with Crippen molar-refractivity contribution in [1.82, 2.24) is 4.98 Å². The van der Waals surface area contributed by atoms with Crippen molar-refractivity contribution in [1.29, 1.82) is 0 Å². The van der Waals surface area contributed by atoms with Crippen molar-refractivity contribution in [3.05, 3.63) is 117 Å². The first kappa shape index (κ1) is 39.9. The molecule has 55 heavy (non-hydrogen) atoms. The maximum absolute atomic E-state index is 15.5. The van der Waals surface area contributed by atoms with Crippen molar-refractivity contribution in [2.45, 2.75) is 117 Å². The van der Waals surface area contributed by atoms with Crippen molar-refractivity contribution in [3.63, 3.8) is 0 Å². The molecule has 0 radical (unpaired) electrons. The SMILES string of the molecule is CC(C)(C)c1cc(C2COC(c3cc(-c4c(F)c(F)c(N)c(F)c4F)cc(C4=NC(c5cc(C(C)(C)C)cc(C(C)(C)C)c5)CO4)n3)=N2)cc(C(C)(C)C)c1. The van der Waals surface area contributed by atoms with Gasteiger partial charge in [0.25, 0.3) is 0 Å². The third-order valence-electron chi connectivity index (χ3n) is 10.3. The molecule has 3 aromatic carbocycles. The molecule has 2 N–H and O–H groups in total. The molecule has 2 unspecified atom stereocenters. The molecule has 10 heteroatoms. The molecule has 292 valence electrons. The maximum atomic E-state index is 15.5. The highest BCUT2D eigenvalue weighted by Gasteiger charge is 2.32. The van der Waals surface area contributed by atoms with Gasteiger partial charge in [0.2, 0.25) is 11.8 Å². The number of nitrogen functional groups attached to an aromatic ring is 1. The van der Waals surface area contributed by atoms with E-state index in [1.165, 1.54) is 12.1 Å². The molecule has 6 rings (SSSR count). The molecule has 0 saturated heterocycles. The Kier molecular flexibility index (Phi) is 10.0. The lowest BCUT2D eigenvalue weighted by atomic mass is 9.79. The summed E-state index contributed by atoms with van der Waals surface area (Å²) in [4.78, 5) is 14.5. The van der Waals surface area contributed by atoms with Crippen LogP contribution in [-0.2, 0) is 31.1 Å². The van der Waals surface area contributed by atoms with Gasteiger partial charge in [0.1, 0.15) is 42.4 Å². The molecule has 4 aromatic rings. The lowest BCUT2D eigenvalue weighted by Gasteiger charge is -2.26. The van der Waals surface area contributed by atoms with E-state index in [9.17, 15) is 8.78 Å². The highest BCUT2D eigenvalue weighted by Crippen LogP contribution is 2.39. The van der Waals surface area contributed by atoms with E-state index < -0.39 is 46.6 Å². The summed E-state index contributed by atoms with van der Waals surface area (Å²) in [6, 6.07) is 14.7. The van der Waals surface area contributed by atoms with E-state index >= 15 is 8.78 Å². The monoisotopic (exact) mass is 756 g/mol. The molecule has 2 atom stereocenters. The second-order valence-corrected chi connectivity index (χ2v) is 18.9. The Morgan fingerprint density at radius 3 is 1.15 bits per heavy atom. The highest BCUT2D eigenvalue weighted by atomic mass is 19.2. The van der Waals surface area contributed by atoms with Gasteiger partial charge in [-0.05, 0) is 72.7 Å². The van der Waals surface area contributed by atoms with Crippen LogP contribution in [0.1, 0.15) is 140 Å². The number of halogens is 4. The van der Waals surface area contributed by atoms with Gasteiger partial charge >= 0.3 is 0 Å². The van der Waals surface area contributed by atoms with Crippen LogP contribution in [0.25, 0.3) is 11.1 Å². The molecule has 0 fully saturated rings. The lowest BCUT2D eigenvalue weighted by Crippen LogP contribution is -2.17. The summed E-state index contributed by atoms with van der Waals surface area (Å²) in [6.45, 7) is 26.2. The molecule has 0 aliphatic carbocycles. The Hall–Kier alpha value is -4.73. The zero-order valence-electron chi connectivity index (χ0n) is 33.9. The second-order valence-electron chi connectivity index (χ2n) is 18.9. The van der Waals surface area contributed by atoms with Crippen LogP contribution in [0.3, 0.4) is 0 Å². The number of pyridine rings is 1. The van der Waals surface area contributed by atoms with Crippen molar-refractivity contribution < 1.29 is 27.0 Å². The summed E-state index contributed by atoms with van der Waals surface area (Å²) < 4.78 is 72.9. The van der Waals surface area contributed by atoms with Crippen LogP contribution in [0.15, 0.2) is 58.5 Å². The van der Waals surface area contributed by atoms with Gasteiger partial charge in [-0.15, -0.1) is 0 Å². The summed E-state index contributed by atoms with van der Waals surface area (Å²) in [5, 5.41) is 0. The van der Waals surface area contributed by atoms with E-state index in [0.717, 1.165) is 33.4 Å². The van der Waals surface area contributed by atoms with Gasteiger partial charge in [-0.1, -0.05) is 119 Å². The maximum Gasteiger partial charge on any atom is 0.236 e. The second kappa shape index (κ2) is 13.8. The number of hydrogen-bond acceptors (Lipinski definition) is 6. The van der Waals surface area contributed by atoms with Gasteiger partial charge in [-0.25, -0.2) is 32.5 Å². The van der Waals surface area contributed by atoms with Crippen LogP contribution in [0.4, 0.5) is 23.2 Å². The van der Waals surface area contributed by atoms with Gasteiger partial charge in [0.15, 0.2) is 23.3 Å². The Balaban J connectivity index is 1.49. The summed E-state index contributed by atoms with van der Waals surface area (Å²) >= 11 is 0. The van der Waals surface area contributed by atoms with E-state index in [1.807, 2.05) is 0 Å². The number of nitrogens with two attached hydrogens (primary N) is 1. The van der Waals surface area contributed by atoms with Crippen LogP contribution >= 0.6 is 0 Å². The highest BCUT2D eigenvalue weighted by molar-refractivity contribution is 5.99. The Morgan fingerprint density at radius 1 is 0.509 bits per heavy atom. The predicted octanol–water partition coefficient (Wildman–Crippen LogP) is 11.1. The standard InChI is InChI=1S/C45H52F4N4O2/c1-42(2,3)26-13-23(14-27(19-26)43(4,5)6)32-21-54-40(52-32)30-17-25(34-35(46)37(48)39(50)38(49)36(34)47)18-31(51-30)41-53-33(22-55-41)24-15-28(44(7,8)9)20-29(16-24)45(10,11)12/h13-20,32-33H,21-22,50H2,1-12H3. The minimum atomic E-state index is -1.69. The van der Waals surface area contributed by atoms with Crippen LogP contribution in [0.2, 0.25) is 0 Å². The third-order valence-corrected chi connectivity index (χ3v) is 10.3. The number of rotatable bonds is 5. The number of benzene rings is 3. The fourth-order valence-electron chi connectivity index (χ4n) is 6.59. The van der Waals surface area contributed by atoms with Crippen molar-refractivity contribution >= 4 is 17.5 Å². The Morgan fingerprint density at radius 2 is 0.836 bits per heavy atom. The number of aliphatic imine (C=N–C) groups is 2. The largest absolute Gasteiger partial charge is 0.474 e. The number of aromatic nitrogens is 1. The van der Waals surface area contributed by atoms with Crippen LogP contribution in [0, 0.1) is 23.3 Å². The first-order chi connectivity index (χ1) is 25.3. The van der Waals surface area contributed by atoms with Crippen molar-refractivity contribution in [2.75, 3.05) is 18.9 Å². The fraction of sp³-hybridized carbons (Fsp3) is 0.444. The van der Waals surface area contributed by atoms with Gasteiger partial charge < -0.3 is 15.2 Å². The summed E-state index contributed by atoms with van der Waals surface area (Å²) in [6.07, 6.45) is 0. The number of nitrogens with zero attached hydrogens (tertiary/aromatic N) is 3. The van der Waals surface area contributed by atoms with Crippen molar-refractivity contribution in [3.8, 4) is 11.1 Å². The number of anilines is 1. The zero-order valence-corrected chi connectivity index (χ0v) is 33.9. The molecule has 0 spiro atoms. The minimum absolute atomic E-state index is 0.0916. The molecule has 0 saturated carbocycles. The Labute approximate surface area is 322 Å². The molecule has 2 aliphatic rings. The van der Waals surface area contributed by atoms with E-state index in [1.54, 1.807) is 0 Å². The molecule has 0 amide bonds. The van der Waals surface area contributed by atoms with E-state index in [2.05, 4.69) is 119 Å². The quantitative estimate of drug-likeness (QED) is 0.125. The van der Waals surface area contributed by atoms with Crippen LogP contribution < -0.4 is 5.73 Å². The van der Waals surface area contributed by atoms with Gasteiger partial charge in [-0.3, -0.25) is 0 Å². The molecule has 6 nitrogen and oxygen atoms in total. The van der Waals surface area contributed by atoms with E-state index in [0.29, 0.717) is 0 Å². The molecule has 3 heterocycles. The molecule has 0 bridgehead atoms. The topological polar surface area (TPSA) is 82.1 Å². The molecule has 2 aliphatic heterocycles. The lowest BCUT2D eigenvalue weighted by molar-refractivity contribution is 0.317. The average molecular weight is 757 g/mol.